The van der Waals surface area contributed by atoms with Gasteiger partial charge in [0.15, 0.2) is 4.60 Å². The van der Waals surface area contributed by atoms with Gasteiger partial charge in [0.05, 0.1) is 0 Å². The first-order chi connectivity index (χ1) is 8.00. The number of aryl methyl sites for hydroxylation is 1. The highest BCUT2D eigenvalue weighted by molar-refractivity contribution is 9.10. The van der Waals surface area contributed by atoms with Crippen LogP contribution in [0.25, 0.3) is 0 Å². The highest BCUT2D eigenvalue weighted by Crippen LogP contribution is 2.18. The zero-order valence-electron chi connectivity index (χ0n) is 9.35. The fraction of sp³-hybridized carbons (Fsp3) is 0.750. The molecule has 0 spiro atoms. The van der Waals surface area contributed by atoms with E-state index < -0.39 is 10.0 Å². The maximum atomic E-state index is 12.1. The molecule has 0 aromatic carbocycles. The third-order valence-corrected chi connectivity index (χ3v) is 5.02. The third kappa shape index (κ3) is 2.84. The summed E-state index contributed by atoms with van der Waals surface area (Å²) in [4.78, 5) is 0. The van der Waals surface area contributed by atoms with Crippen LogP contribution in [0, 0.1) is 0 Å². The molecule has 0 unspecified atom stereocenters. The predicted molar refractivity (Wildman–Crippen MR) is 64.9 cm³/mol. The van der Waals surface area contributed by atoms with Gasteiger partial charge < -0.3 is 5.32 Å². The van der Waals surface area contributed by atoms with Crippen LogP contribution in [-0.4, -0.2) is 42.5 Å². The van der Waals surface area contributed by atoms with E-state index in [0.29, 0.717) is 6.54 Å². The molecule has 0 bridgehead atoms. The molecule has 0 radical (unpaired) electrons. The quantitative estimate of drug-likeness (QED) is 0.790. The minimum absolute atomic E-state index is 0.0584. The maximum absolute atomic E-state index is 12.1. The number of hydrogen-bond donors (Lipinski definition) is 2. The van der Waals surface area contributed by atoms with E-state index >= 15 is 0 Å². The van der Waals surface area contributed by atoms with Crippen molar-refractivity contribution in [3.8, 4) is 0 Å². The highest BCUT2D eigenvalue weighted by Gasteiger charge is 2.27. The largest absolute Gasteiger partial charge is 0.315 e. The number of nitrogens with zero attached hydrogens (tertiary/aromatic N) is 3. The summed E-state index contributed by atoms with van der Waals surface area (Å²) in [6.45, 7) is 1.59. The van der Waals surface area contributed by atoms with E-state index in [4.69, 9.17) is 0 Å². The molecule has 1 saturated heterocycles. The number of nitrogens with one attached hydrogen (secondary N) is 2. The van der Waals surface area contributed by atoms with Crippen LogP contribution in [0.5, 0.6) is 0 Å². The molecule has 2 N–H and O–H groups in total. The molecule has 0 aliphatic carbocycles. The van der Waals surface area contributed by atoms with Gasteiger partial charge in [0.1, 0.15) is 0 Å². The predicted octanol–water partition coefficient (Wildman–Crippen LogP) is -0.392. The van der Waals surface area contributed by atoms with E-state index in [1.807, 2.05) is 0 Å². The summed E-state index contributed by atoms with van der Waals surface area (Å²) in [7, 11) is -2.03. The van der Waals surface area contributed by atoms with Crippen molar-refractivity contribution in [2.24, 2.45) is 7.05 Å². The van der Waals surface area contributed by atoms with Crippen LogP contribution < -0.4 is 10.0 Å². The van der Waals surface area contributed by atoms with Crippen LogP contribution in [0.15, 0.2) is 9.63 Å². The van der Waals surface area contributed by atoms with Crippen LogP contribution in [-0.2, 0) is 17.1 Å². The van der Waals surface area contributed by atoms with Crippen LogP contribution in [0.4, 0.5) is 0 Å². The normalized spacial score (nSPS) is 21.6. The lowest BCUT2D eigenvalue weighted by molar-refractivity contribution is 0.427. The summed E-state index contributed by atoms with van der Waals surface area (Å²) < 4.78 is 28.4. The zero-order chi connectivity index (χ0) is 12.5. The number of sulfonamides is 1. The first-order valence-electron chi connectivity index (χ1n) is 5.29. The van der Waals surface area contributed by atoms with Crippen LogP contribution >= 0.6 is 15.9 Å². The van der Waals surface area contributed by atoms with E-state index in [2.05, 4.69) is 36.3 Å². The lowest BCUT2D eigenvalue weighted by atomic mass is 10.1. The van der Waals surface area contributed by atoms with Crippen molar-refractivity contribution < 1.29 is 8.42 Å². The fourth-order valence-corrected chi connectivity index (χ4v) is 4.20. The van der Waals surface area contributed by atoms with Crippen molar-refractivity contribution in [3.63, 3.8) is 0 Å². The second kappa shape index (κ2) is 5.01. The van der Waals surface area contributed by atoms with Crippen LogP contribution in [0.3, 0.4) is 0 Å². The van der Waals surface area contributed by atoms with Crippen molar-refractivity contribution in [2.45, 2.75) is 23.9 Å². The Morgan fingerprint density at radius 3 is 2.88 bits per heavy atom. The maximum Gasteiger partial charge on any atom is 0.260 e. The highest BCUT2D eigenvalue weighted by atomic mass is 79.9. The van der Waals surface area contributed by atoms with Gasteiger partial charge in [-0.15, -0.1) is 5.10 Å². The molecule has 1 aromatic rings. The Labute approximate surface area is 108 Å². The second-order valence-electron chi connectivity index (χ2n) is 3.97. The Bertz CT molecular complexity index is 475. The van der Waals surface area contributed by atoms with Crippen molar-refractivity contribution >= 4 is 26.0 Å². The molecule has 1 aliphatic rings. The number of piperidine rings is 1. The molecule has 17 heavy (non-hydrogen) atoms. The van der Waals surface area contributed by atoms with Gasteiger partial charge in [0, 0.05) is 19.6 Å². The summed E-state index contributed by atoms with van der Waals surface area (Å²) in [5.41, 5.74) is 0. The van der Waals surface area contributed by atoms with Crippen molar-refractivity contribution in [3.05, 3.63) is 4.60 Å². The van der Waals surface area contributed by atoms with E-state index in [-0.39, 0.29) is 15.7 Å². The summed E-state index contributed by atoms with van der Waals surface area (Å²) >= 11 is 3.09. The van der Waals surface area contributed by atoms with Gasteiger partial charge in [-0.05, 0) is 35.3 Å². The number of halogens is 1. The molecule has 1 aromatic heterocycles. The summed E-state index contributed by atoms with van der Waals surface area (Å²) in [5.74, 6) is 0. The molecule has 2 heterocycles. The van der Waals surface area contributed by atoms with Gasteiger partial charge in [-0.1, -0.05) is 5.21 Å². The molecule has 1 aliphatic heterocycles. The van der Waals surface area contributed by atoms with Crippen LogP contribution in [0.2, 0.25) is 0 Å². The molecular weight excluding hydrogens is 310 g/mol. The average molecular weight is 324 g/mol. The Hall–Kier alpha value is -0.510. The number of hydrogen-bond acceptors (Lipinski definition) is 5. The minimum Gasteiger partial charge on any atom is -0.315 e. The van der Waals surface area contributed by atoms with Gasteiger partial charge >= 0.3 is 0 Å². The van der Waals surface area contributed by atoms with Crippen molar-refractivity contribution in [1.82, 2.24) is 25.0 Å². The first-order valence-corrected chi connectivity index (χ1v) is 7.56. The average Bonchev–Trinajstić information content (AvgIpc) is 2.59. The molecule has 96 valence electrons. The summed E-state index contributed by atoms with van der Waals surface area (Å²) in [6, 6.07) is -0.0736. The monoisotopic (exact) mass is 323 g/mol. The Morgan fingerprint density at radius 2 is 2.35 bits per heavy atom. The topological polar surface area (TPSA) is 88.9 Å². The van der Waals surface area contributed by atoms with Crippen LogP contribution in [0.1, 0.15) is 12.8 Å². The lowest BCUT2D eigenvalue weighted by Gasteiger charge is -2.23. The summed E-state index contributed by atoms with van der Waals surface area (Å²) in [6.07, 6.45) is 1.81. The van der Waals surface area contributed by atoms with Crippen molar-refractivity contribution in [1.29, 1.82) is 0 Å². The van der Waals surface area contributed by atoms with E-state index in [9.17, 15) is 8.42 Å². The molecule has 0 saturated carbocycles. The lowest BCUT2D eigenvalue weighted by Crippen LogP contribution is -2.45. The van der Waals surface area contributed by atoms with Gasteiger partial charge in [-0.3, -0.25) is 0 Å². The second-order valence-corrected chi connectivity index (χ2v) is 6.35. The summed E-state index contributed by atoms with van der Waals surface area (Å²) in [5, 5.41) is 10.5. The number of rotatable bonds is 3. The molecule has 1 fully saturated rings. The van der Waals surface area contributed by atoms with Gasteiger partial charge in [0.2, 0.25) is 5.03 Å². The van der Waals surface area contributed by atoms with Gasteiger partial charge in [-0.2, -0.15) is 0 Å². The van der Waals surface area contributed by atoms with Gasteiger partial charge in [-0.25, -0.2) is 17.8 Å². The first kappa shape index (κ1) is 12.9. The Kier molecular flexibility index (Phi) is 3.81. The van der Waals surface area contributed by atoms with E-state index in [1.54, 1.807) is 7.05 Å². The van der Waals surface area contributed by atoms with Gasteiger partial charge in [0.25, 0.3) is 10.0 Å². The smallest absolute Gasteiger partial charge is 0.260 e. The fourth-order valence-electron chi connectivity index (χ4n) is 1.84. The standard InChI is InChI=1S/C8H14BrN5O2S/c1-14-8(7(9)11-13-14)17(15,16)12-6-3-2-4-10-5-6/h6,10,12H,2-5H2,1H3/t6-/m1/s1. The molecular formula is C8H14BrN5O2S. The number of aromatic nitrogens is 3. The molecule has 7 nitrogen and oxygen atoms in total. The Morgan fingerprint density at radius 1 is 1.59 bits per heavy atom. The molecule has 2 rings (SSSR count). The SMILES string of the molecule is Cn1nnc(Br)c1S(=O)(=O)N[C@@H]1CCCNC1. The molecule has 0 amide bonds. The third-order valence-electron chi connectivity index (χ3n) is 2.61. The Balaban J connectivity index is 2.19. The molecule has 1 atom stereocenters. The van der Waals surface area contributed by atoms with Crippen molar-refractivity contribution in [2.75, 3.05) is 13.1 Å². The van der Waals surface area contributed by atoms with E-state index in [0.717, 1.165) is 19.4 Å². The van der Waals surface area contributed by atoms with E-state index in [1.165, 1.54) is 4.68 Å². The zero-order valence-corrected chi connectivity index (χ0v) is 11.8. The minimum atomic E-state index is -3.58. The molecule has 9 heteroatoms.